The molecule has 0 bridgehead atoms. The van der Waals surface area contributed by atoms with Gasteiger partial charge in [0.25, 0.3) is 0 Å². The number of pyridine rings is 1. The molecule has 212 valence electrons. The molecule has 0 amide bonds. The minimum Gasteiger partial charge on any atom is -0.410 e. The van der Waals surface area contributed by atoms with E-state index in [4.69, 9.17) is 19.3 Å². The largest absolute Gasteiger partial charge is 0.410 e. The van der Waals surface area contributed by atoms with Crippen LogP contribution in [0.5, 0.6) is 0 Å². The van der Waals surface area contributed by atoms with Crippen LogP contribution in [0.25, 0.3) is 0 Å². The molecule has 0 aromatic carbocycles. The topological polar surface area (TPSA) is 66.6 Å². The molecular formula is C30H56N2O3Si2. The van der Waals surface area contributed by atoms with Gasteiger partial charge in [0.1, 0.15) is 6.10 Å². The first-order valence-corrected chi connectivity index (χ1v) is 18.8. The lowest BCUT2D eigenvalue weighted by atomic mass is 9.93. The van der Waals surface area contributed by atoms with Gasteiger partial charge in [0.2, 0.25) is 16.6 Å². The highest BCUT2D eigenvalue weighted by molar-refractivity contribution is 6.78. The predicted molar refractivity (Wildman–Crippen MR) is 163 cm³/mol. The molecule has 0 saturated carbocycles. The fraction of sp³-hybridized carbons (Fsp3) is 0.767. The summed E-state index contributed by atoms with van der Waals surface area (Å²) in [6.45, 7) is 32.3. The lowest BCUT2D eigenvalue weighted by Crippen LogP contribution is -2.61. The van der Waals surface area contributed by atoms with E-state index in [1.54, 1.807) is 12.4 Å². The smallest absolute Gasteiger partial charge is 0.201 e. The minimum absolute atomic E-state index is 0.101. The quantitative estimate of drug-likeness (QED) is 0.209. The average Bonchev–Trinajstić information content (AvgIpc) is 2.79. The second-order valence-electron chi connectivity index (χ2n) is 12.9. The number of aromatic nitrogens is 1. The fourth-order valence-corrected chi connectivity index (χ4v) is 18.7. The molecule has 37 heavy (non-hydrogen) atoms. The van der Waals surface area contributed by atoms with Crippen molar-refractivity contribution in [3.63, 3.8) is 0 Å². The lowest BCUT2D eigenvalue weighted by Gasteiger charge is -2.53. The highest BCUT2D eigenvalue weighted by Crippen LogP contribution is 2.49. The summed E-state index contributed by atoms with van der Waals surface area (Å²) in [5, 5.41) is 0. The zero-order valence-corrected chi connectivity index (χ0v) is 27.7. The second kappa shape index (κ2) is 12.9. The molecule has 1 aromatic heterocycles. The average molecular weight is 549 g/mol. The Bertz CT molecular complexity index is 829. The van der Waals surface area contributed by atoms with E-state index in [1.165, 1.54) is 0 Å². The van der Waals surface area contributed by atoms with E-state index >= 15 is 0 Å². The Balaban J connectivity index is 2.68. The van der Waals surface area contributed by atoms with Crippen molar-refractivity contribution in [3.8, 4) is 0 Å². The summed E-state index contributed by atoms with van der Waals surface area (Å²) in [6.07, 6.45) is 5.37. The van der Waals surface area contributed by atoms with Crippen LogP contribution in [0.1, 0.15) is 101 Å². The van der Waals surface area contributed by atoms with Gasteiger partial charge < -0.3 is 19.3 Å². The second-order valence-corrected chi connectivity index (χ2v) is 23.8. The molecule has 0 spiro atoms. The van der Waals surface area contributed by atoms with Gasteiger partial charge in [-0.3, -0.25) is 4.98 Å². The number of ether oxygens (including phenoxy) is 1. The number of nitrogen functional groups attached to an aromatic ring is 1. The summed E-state index contributed by atoms with van der Waals surface area (Å²) < 4.78 is 21.7. The van der Waals surface area contributed by atoms with Crippen LogP contribution in [0.4, 0.5) is 5.69 Å². The van der Waals surface area contributed by atoms with Gasteiger partial charge >= 0.3 is 0 Å². The van der Waals surface area contributed by atoms with E-state index in [9.17, 15) is 0 Å². The van der Waals surface area contributed by atoms with E-state index in [-0.39, 0.29) is 24.4 Å². The number of nitrogens with two attached hydrogens (primary N) is 1. The number of nitrogens with zero attached hydrogens (tertiary/aromatic N) is 1. The predicted octanol–water partition coefficient (Wildman–Crippen LogP) is 8.80. The molecule has 1 fully saturated rings. The third-order valence-corrected chi connectivity index (χ3v) is 21.3. The van der Waals surface area contributed by atoms with Crippen LogP contribution >= 0.6 is 0 Å². The first-order valence-electron chi connectivity index (χ1n) is 14.5. The lowest BCUT2D eigenvalue weighted by molar-refractivity contribution is -0.144. The zero-order valence-electron chi connectivity index (χ0n) is 25.7. The van der Waals surface area contributed by atoms with Crippen LogP contribution in [0, 0.1) is 0 Å². The van der Waals surface area contributed by atoms with Crippen molar-refractivity contribution in [3.05, 3.63) is 36.7 Å². The van der Waals surface area contributed by atoms with Crippen molar-refractivity contribution in [2.24, 2.45) is 0 Å². The Morgan fingerprint density at radius 3 is 1.73 bits per heavy atom. The molecule has 0 radical (unpaired) electrons. The molecule has 1 aromatic rings. The van der Waals surface area contributed by atoms with Gasteiger partial charge in [-0.25, -0.2) is 0 Å². The van der Waals surface area contributed by atoms with Crippen molar-refractivity contribution < 1.29 is 13.6 Å². The SMILES string of the molecule is C=CC1OC(c2ccncc2N)CC(O[Si](C(C)C)(C(C)C)C(C)C)C1O[Si](C(C)C)(C(C)C)C(C)C. The summed E-state index contributed by atoms with van der Waals surface area (Å²) in [5.41, 5.74) is 10.8. The first-order chi connectivity index (χ1) is 17.2. The van der Waals surface area contributed by atoms with Crippen LogP contribution in [-0.2, 0) is 13.6 Å². The van der Waals surface area contributed by atoms with E-state index < -0.39 is 16.6 Å². The summed E-state index contributed by atoms with van der Waals surface area (Å²) >= 11 is 0. The number of anilines is 1. The van der Waals surface area contributed by atoms with Crippen LogP contribution in [0.15, 0.2) is 31.1 Å². The molecule has 4 atom stereocenters. The Hall–Kier alpha value is -0.996. The maximum atomic E-state index is 7.54. The van der Waals surface area contributed by atoms with E-state index in [0.717, 1.165) is 5.56 Å². The number of hydrogen-bond acceptors (Lipinski definition) is 5. The first kappa shape index (κ1) is 32.2. The van der Waals surface area contributed by atoms with Gasteiger partial charge in [-0.15, -0.1) is 6.58 Å². The Morgan fingerprint density at radius 1 is 0.865 bits per heavy atom. The van der Waals surface area contributed by atoms with Crippen molar-refractivity contribution in [1.29, 1.82) is 0 Å². The number of rotatable bonds is 12. The molecule has 2 heterocycles. The van der Waals surface area contributed by atoms with Gasteiger partial charge in [-0.2, -0.15) is 0 Å². The monoisotopic (exact) mass is 548 g/mol. The van der Waals surface area contributed by atoms with Gasteiger partial charge in [-0.1, -0.05) is 89.2 Å². The molecule has 1 aliphatic rings. The van der Waals surface area contributed by atoms with Crippen LogP contribution < -0.4 is 5.73 Å². The third kappa shape index (κ3) is 6.27. The Kier molecular flexibility index (Phi) is 11.2. The molecule has 5 nitrogen and oxygen atoms in total. The van der Waals surface area contributed by atoms with Gasteiger partial charge in [0, 0.05) is 18.2 Å². The van der Waals surface area contributed by atoms with E-state index in [0.29, 0.717) is 45.4 Å². The molecular weight excluding hydrogens is 493 g/mol. The maximum Gasteiger partial charge on any atom is 0.201 e. The molecule has 2 rings (SSSR count). The van der Waals surface area contributed by atoms with Crippen LogP contribution in [0.2, 0.25) is 33.2 Å². The molecule has 1 aliphatic heterocycles. The molecule has 2 N–H and O–H groups in total. The van der Waals surface area contributed by atoms with Gasteiger partial charge in [-0.05, 0) is 39.3 Å². The highest BCUT2D eigenvalue weighted by Gasteiger charge is 2.54. The zero-order chi connectivity index (χ0) is 28.3. The Labute approximate surface area is 230 Å². The molecule has 4 unspecified atom stereocenters. The normalized spacial score (nSPS) is 23.7. The van der Waals surface area contributed by atoms with Crippen LogP contribution in [-0.4, -0.2) is 39.9 Å². The highest BCUT2D eigenvalue weighted by atomic mass is 28.4. The van der Waals surface area contributed by atoms with Crippen molar-refractivity contribution in [2.45, 2.75) is 147 Å². The van der Waals surface area contributed by atoms with Crippen molar-refractivity contribution in [2.75, 3.05) is 5.73 Å². The molecule has 7 heteroatoms. The van der Waals surface area contributed by atoms with Crippen molar-refractivity contribution in [1.82, 2.24) is 4.98 Å². The molecule has 0 aliphatic carbocycles. The summed E-state index contributed by atoms with van der Waals surface area (Å²) in [7, 11) is -4.41. The van der Waals surface area contributed by atoms with Gasteiger partial charge in [0.05, 0.1) is 30.2 Å². The summed E-state index contributed by atoms with van der Waals surface area (Å²) in [5.74, 6) is 0. The maximum absolute atomic E-state index is 7.54. The molecule has 1 saturated heterocycles. The third-order valence-electron chi connectivity index (χ3n) is 9.03. The fourth-order valence-electron chi connectivity index (χ4n) is 7.55. The summed E-state index contributed by atoms with van der Waals surface area (Å²) in [4.78, 5) is 4.20. The van der Waals surface area contributed by atoms with E-state index in [1.807, 2.05) is 12.1 Å². The van der Waals surface area contributed by atoms with Crippen molar-refractivity contribution >= 4 is 22.3 Å². The van der Waals surface area contributed by atoms with E-state index in [2.05, 4.69) is 94.6 Å². The number of hydrogen-bond donors (Lipinski definition) is 1. The minimum atomic E-state index is -2.21. The van der Waals surface area contributed by atoms with Crippen LogP contribution in [0.3, 0.4) is 0 Å². The standard InChI is InChI=1S/C30H56N2O3Si2/c1-14-27-30(35-37(22(8)9,23(10)11)24(12)13)29(34-36(19(2)3,20(4)5)21(6)7)17-28(33-27)25-15-16-32-18-26(25)31/h14-16,18-24,27-30H,1,17,31H2,2-13H3. The van der Waals surface area contributed by atoms with Gasteiger partial charge in [0.15, 0.2) is 0 Å². The Morgan fingerprint density at radius 2 is 1.32 bits per heavy atom. The summed E-state index contributed by atoms with van der Waals surface area (Å²) in [6, 6.07) is 1.98.